The number of carbonyl (C=O) groups is 2. The molecule has 1 heterocycles. The van der Waals surface area contributed by atoms with Crippen LogP contribution >= 0.6 is 11.6 Å². The summed E-state index contributed by atoms with van der Waals surface area (Å²) in [6, 6.07) is 10.8. The maximum Gasteiger partial charge on any atom is 0.338 e. The summed E-state index contributed by atoms with van der Waals surface area (Å²) < 4.78 is 18.5. The lowest BCUT2D eigenvalue weighted by Gasteiger charge is -2.14. The number of nitro benzene ring substituents is 1. The number of nitrogens with zero attached hydrogens (tertiary/aromatic N) is 2. The highest BCUT2D eigenvalue weighted by Gasteiger charge is 2.21. The SMILES string of the molecule is CC(OC(=O)c1ccc2nc(Cl)ccc2c1)C(=O)Nc1ccc(F)c([N+](=O)[O-])c1. The molecule has 148 valence electrons. The minimum atomic E-state index is -1.20. The van der Waals surface area contributed by atoms with Crippen LogP contribution in [0, 0.1) is 15.9 Å². The summed E-state index contributed by atoms with van der Waals surface area (Å²) >= 11 is 5.82. The highest BCUT2D eigenvalue weighted by Crippen LogP contribution is 2.22. The van der Waals surface area contributed by atoms with Gasteiger partial charge < -0.3 is 10.1 Å². The molecule has 1 atom stereocenters. The van der Waals surface area contributed by atoms with Gasteiger partial charge in [0.15, 0.2) is 6.10 Å². The van der Waals surface area contributed by atoms with Crippen LogP contribution in [-0.4, -0.2) is 27.9 Å². The average Bonchev–Trinajstić information content (AvgIpc) is 2.68. The zero-order valence-corrected chi connectivity index (χ0v) is 15.6. The molecule has 0 spiro atoms. The van der Waals surface area contributed by atoms with E-state index >= 15 is 0 Å². The molecule has 0 fully saturated rings. The lowest BCUT2D eigenvalue weighted by molar-refractivity contribution is -0.387. The largest absolute Gasteiger partial charge is 0.449 e. The van der Waals surface area contributed by atoms with Gasteiger partial charge in [-0.1, -0.05) is 11.6 Å². The molecular weight excluding hydrogens is 405 g/mol. The van der Waals surface area contributed by atoms with Crippen LogP contribution in [0.1, 0.15) is 17.3 Å². The first-order chi connectivity index (χ1) is 13.7. The number of carbonyl (C=O) groups excluding carboxylic acids is 2. The number of esters is 1. The van der Waals surface area contributed by atoms with Crippen LogP contribution < -0.4 is 5.32 Å². The number of fused-ring (bicyclic) bond motifs is 1. The van der Waals surface area contributed by atoms with Crippen molar-refractivity contribution in [2.45, 2.75) is 13.0 Å². The van der Waals surface area contributed by atoms with Gasteiger partial charge in [-0.25, -0.2) is 9.78 Å². The highest BCUT2D eigenvalue weighted by molar-refractivity contribution is 6.29. The fraction of sp³-hybridized carbons (Fsp3) is 0.105. The van der Waals surface area contributed by atoms with Gasteiger partial charge >= 0.3 is 11.7 Å². The number of nitrogens with one attached hydrogen (secondary N) is 1. The van der Waals surface area contributed by atoms with E-state index in [1.54, 1.807) is 24.3 Å². The van der Waals surface area contributed by atoms with Gasteiger partial charge in [-0.05, 0) is 49.4 Å². The maximum absolute atomic E-state index is 13.4. The van der Waals surface area contributed by atoms with Crippen LogP contribution in [0.3, 0.4) is 0 Å². The lowest BCUT2D eigenvalue weighted by atomic mass is 10.1. The number of halogens is 2. The van der Waals surface area contributed by atoms with Gasteiger partial charge in [-0.3, -0.25) is 14.9 Å². The van der Waals surface area contributed by atoms with Gasteiger partial charge in [-0.2, -0.15) is 4.39 Å². The summed E-state index contributed by atoms with van der Waals surface area (Å²) in [5.41, 5.74) is 0.0217. The first-order valence-corrected chi connectivity index (χ1v) is 8.64. The Balaban J connectivity index is 1.69. The van der Waals surface area contributed by atoms with Gasteiger partial charge in [0.25, 0.3) is 5.91 Å². The Morgan fingerprint density at radius 3 is 2.69 bits per heavy atom. The number of aromatic nitrogens is 1. The monoisotopic (exact) mass is 417 g/mol. The molecule has 0 aliphatic rings. The van der Waals surface area contributed by atoms with E-state index in [2.05, 4.69) is 10.3 Å². The number of rotatable bonds is 5. The zero-order chi connectivity index (χ0) is 21.1. The molecule has 1 aromatic heterocycles. The van der Waals surface area contributed by atoms with Crippen molar-refractivity contribution in [1.29, 1.82) is 0 Å². The van der Waals surface area contributed by atoms with Crippen molar-refractivity contribution in [3.63, 3.8) is 0 Å². The number of anilines is 1. The third-order valence-electron chi connectivity index (χ3n) is 3.95. The van der Waals surface area contributed by atoms with Crippen molar-refractivity contribution in [3.05, 3.63) is 75.2 Å². The Morgan fingerprint density at radius 2 is 1.97 bits per heavy atom. The van der Waals surface area contributed by atoms with Crippen LogP contribution in [-0.2, 0) is 9.53 Å². The quantitative estimate of drug-likeness (QED) is 0.289. The molecule has 0 aliphatic carbocycles. The number of hydrogen-bond acceptors (Lipinski definition) is 6. The summed E-state index contributed by atoms with van der Waals surface area (Å²) in [7, 11) is 0. The molecule has 3 rings (SSSR count). The van der Waals surface area contributed by atoms with E-state index in [1.807, 2.05) is 0 Å². The first kappa shape index (κ1) is 20.2. The van der Waals surface area contributed by atoms with E-state index in [1.165, 1.54) is 13.0 Å². The van der Waals surface area contributed by atoms with Crippen LogP contribution in [0.4, 0.5) is 15.8 Å². The summed E-state index contributed by atoms with van der Waals surface area (Å²) in [6.07, 6.45) is -1.20. The summed E-state index contributed by atoms with van der Waals surface area (Å²) in [6.45, 7) is 1.34. The molecule has 8 nitrogen and oxygen atoms in total. The van der Waals surface area contributed by atoms with Gasteiger partial charge in [0.2, 0.25) is 5.82 Å². The van der Waals surface area contributed by atoms with E-state index in [4.69, 9.17) is 16.3 Å². The van der Waals surface area contributed by atoms with Gasteiger partial charge in [0.1, 0.15) is 5.15 Å². The first-order valence-electron chi connectivity index (χ1n) is 8.26. The number of hydrogen-bond donors (Lipinski definition) is 1. The second-order valence-corrected chi connectivity index (χ2v) is 6.39. The molecule has 3 aromatic rings. The second kappa shape index (κ2) is 8.19. The molecule has 29 heavy (non-hydrogen) atoms. The van der Waals surface area contributed by atoms with E-state index in [-0.39, 0.29) is 11.3 Å². The Kier molecular flexibility index (Phi) is 5.69. The molecule has 0 bridgehead atoms. The van der Waals surface area contributed by atoms with E-state index in [0.717, 1.165) is 18.2 Å². The van der Waals surface area contributed by atoms with Crippen molar-refractivity contribution in [1.82, 2.24) is 4.98 Å². The van der Waals surface area contributed by atoms with Crippen molar-refractivity contribution in [2.75, 3.05) is 5.32 Å². The summed E-state index contributed by atoms with van der Waals surface area (Å²) in [4.78, 5) is 38.5. The number of benzene rings is 2. The van der Waals surface area contributed by atoms with E-state index < -0.39 is 34.4 Å². The third kappa shape index (κ3) is 4.64. The van der Waals surface area contributed by atoms with Crippen LogP contribution in [0.5, 0.6) is 0 Å². The predicted octanol–water partition coefficient (Wildman–Crippen LogP) is 4.12. The molecule has 0 aliphatic heterocycles. The van der Waals surface area contributed by atoms with Crippen molar-refractivity contribution in [3.8, 4) is 0 Å². The minimum Gasteiger partial charge on any atom is -0.449 e. The molecule has 10 heteroatoms. The van der Waals surface area contributed by atoms with Crippen molar-refractivity contribution >= 4 is 45.8 Å². The third-order valence-corrected chi connectivity index (χ3v) is 4.16. The summed E-state index contributed by atoms with van der Waals surface area (Å²) in [5, 5.41) is 14.1. The fourth-order valence-electron chi connectivity index (χ4n) is 2.48. The van der Waals surface area contributed by atoms with Gasteiger partial charge in [0, 0.05) is 17.1 Å². The van der Waals surface area contributed by atoms with E-state index in [9.17, 15) is 24.1 Å². The topological polar surface area (TPSA) is 111 Å². The van der Waals surface area contributed by atoms with Crippen LogP contribution in [0.2, 0.25) is 5.15 Å². The maximum atomic E-state index is 13.4. The standard InChI is InChI=1S/C19H13ClFN3O5/c1-10(18(25)22-13-4-5-14(21)16(9-13)24(27)28)29-19(26)12-2-6-15-11(8-12)3-7-17(20)23-15/h2-10H,1H3,(H,22,25). The van der Waals surface area contributed by atoms with Gasteiger partial charge in [0.05, 0.1) is 16.0 Å². The molecule has 0 radical (unpaired) electrons. The summed E-state index contributed by atoms with van der Waals surface area (Å²) in [5.74, 6) is -2.50. The number of pyridine rings is 1. The molecule has 1 unspecified atom stereocenters. The molecule has 0 saturated heterocycles. The zero-order valence-electron chi connectivity index (χ0n) is 14.9. The molecular formula is C19H13ClFN3O5. The second-order valence-electron chi connectivity index (χ2n) is 6.00. The molecule has 2 aromatic carbocycles. The molecule has 1 amide bonds. The average molecular weight is 418 g/mol. The van der Waals surface area contributed by atoms with E-state index in [0.29, 0.717) is 16.1 Å². The van der Waals surface area contributed by atoms with Crippen LogP contribution in [0.25, 0.3) is 10.9 Å². The van der Waals surface area contributed by atoms with Crippen molar-refractivity contribution in [2.24, 2.45) is 0 Å². The highest BCUT2D eigenvalue weighted by atomic mass is 35.5. The molecule has 1 N–H and O–H groups in total. The Labute approximate surface area is 168 Å². The Hall–Kier alpha value is -3.59. The number of ether oxygens (including phenoxy) is 1. The van der Waals surface area contributed by atoms with Crippen LogP contribution in [0.15, 0.2) is 48.5 Å². The normalized spacial score (nSPS) is 11.7. The van der Waals surface area contributed by atoms with Gasteiger partial charge in [-0.15, -0.1) is 0 Å². The lowest BCUT2D eigenvalue weighted by Crippen LogP contribution is -2.30. The number of amides is 1. The molecule has 0 saturated carbocycles. The minimum absolute atomic E-state index is 0.000317. The number of nitro groups is 1. The smallest absolute Gasteiger partial charge is 0.338 e. The fourth-order valence-corrected chi connectivity index (χ4v) is 2.64. The predicted molar refractivity (Wildman–Crippen MR) is 103 cm³/mol. The Morgan fingerprint density at radius 1 is 1.21 bits per heavy atom. The Bertz CT molecular complexity index is 1140. The van der Waals surface area contributed by atoms with Crippen molar-refractivity contribution < 1.29 is 23.6 Å².